The van der Waals surface area contributed by atoms with E-state index in [1.165, 1.54) is 12.8 Å². The molecule has 0 heterocycles. The van der Waals surface area contributed by atoms with Gasteiger partial charge in [-0.25, -0.2) is 4.79 Å². The summed E-state index contributed by atoms with van der Waals surface area (Å²) in [5.41, 5.74) is 2.77. The van der Waals surface area contributed by atoms with Gasteiger partial charge >= 0.3 is 6.09 Å². The molecule has 1 fully saturated rings. The number of nitrogens with one attached hydrogen (secondary N) is 1. The third-order valence-electron chi connectivity index (χ3n) is 3.72. The van der Waals surface area contributed by atoms with Crippen LogP contribution in [0.15, 0.2) is 48.5 Å². The Hall–Kier alpha value is -2.49. The summed E-state index contributed by atoms with van der Waals surface area (Å²) in [6.07, 6.45) is 1.88. The fourth-order valence-electron chi connectivity index (χ4n) is 2.47. The van der Waals surface area contributed by atoms with E-state index in [0.29, 0.717) is 11.6 Å². The van der Waals surface area contributed by atoms with Gasteiger partial charge in [0.05, 0.1) is 12.8 Å². The highest BCUT2D eigenvalue weighted by molar-refractivity contribution is 5.87. The van der Waals surface area contributed by atoms with Crippen LogP contribution in [0.1, 0.15) is 29.9 Å². The zero-order chi connectivity index (χ0) is 15.4. The molecule has 2 aromatic carbocycles. The Bertz CT molecular complexity index is 651. The van der Waals surface area contributed by atoms with E-state index >= 15 is 0 Å². The predicted molar refractivity (Wildman–Crippen MR) is 85.2 cm³/mol. The summed E-state index contributed by atoms with van der Waals surface area (Å²) in [7, 11) is 1.63. The second-order valence-electron chi connectivity index (χ2n) is 5.39. The van der Waals surface area contributed by atoms with E-state index in [1.54, 1.807) is 7.11 Å². The van der Waals surface area contributed by atoms with Crippen LogP contribution in [0, 0.1) is 0 Å². The molecule has 1 aliphatic rings. The van der Waals surface area contributed by atoms with Crippen molar-refractivity contribution in [1.82, 2.24) is 0 Å². The molecule has 4 nitrogen and oxygen atoms in total. The largest absolute Gasteiger partial charge is 0.494 e. The molecular formula is C18H19NO3. The van der Waals surface area contributed by atoms with Gasteiger partial charge in [-0.3, -0.25) is 5.32 Å². The van der Waals surface area contributed by atoms with Gasteiger partial charge in [0.25, 0.3) is 0 Å². The lowest BCUT2D eigenvalue weighted by atomic mass is 10.1. The molecule has 2 aromatic rings. The summed E-state index contributed by atoms with van der Waals surface area (Å²) in [5.74, 6) is 1.29. The van der Waals surface area contributed by atoms with Crippen molar-refractivity contribution in [3.8, 4) is 5.75 Å². The van der Waals surface area contributed by atoms with E-state index in [4.69, 9.17) is 9.47 Å². The van der Waals surface area contributed by atoms with Crippen LogP contribution in [0.4, 0.5) is 10.5 Å². The van der Waals surface area contributed by atoms with Gasteiger partial charge in [-0.1, -0.05) is 42.5 Å². The van der Waals surface area contributed by atoms with E-state index < -0.39 is 6.09 Å². The van der Waals surface area contributed by atoms with Crippen LogP contribution in [0.3, 0.4) is 0 Å². The number of hydrogen-bond acceptors (Lipinski definition) is 3. The molecule has 0 aromatic heterocycles. The van der Waals surface area contributed by atoms with Crippen molar-refractivity contribution >= 4 is 11.8 Å². The molecule has 3 rings (SSSR count). The standard InChI is InChI=1S/C18H19NO3/c1-21-17-15(14-10-11-14)8-5-9-16(17)19-18(20)22-12-13-6-3-2-4-7-13/h2-9,14H,10-12H2,1H3,(H,19,20). The number of carbonyl (C=O) groups is 1. The van der Waals surface area contributed by atoms with Crippen LogP contribution in [-0.4, -0.2) is 13.2 Å². The molecule has 0 atom stereocenters. The van der Waals surface area contributed by atoms with Crippen LogP contribution in [0.2, 0.25) is 0 Å². The Balaban J connectivity index is 1.65. The van der Waals surface area contributed by atoms with Crippen molar-refractivity contribution in [2.45, 2.75) is 25.4 Å². The first kappa shape index (κ1) is 14.4. The van der Waals surface area contributed by atoms with Crippen molar-refractivity contribution in [1.29, 1.82) is 0 Å². The fourth-order valence-corrected chi connectivity index (χ4v) is 2.47. The van der Waals surface area contributed by atoms with Crippen LogP contribution in [-0.2, 0) is 11.3 Å². The smallest absolute Gasteiger partial charge is 0.412 e. The lowest BCUT2D eigenvalue weighted by molar-refractivity contribution is 0.155. The minimum Gasteiger partial charge on any atom is -0.494 e. The molecule has 1 saturated carbocycles. The Kier molecular flexibility index (Phi) is 4.28. The summed E-state index contributed by atoms with van der Waals surface area (Å²) < 4.78 is 10.7. The molecule has 0 aliphatic heterocycles. The van der Waals surface area contributed by atoms with E-state index in [-0.39, 0.29) is 6.61 Å². The van der Waals surface area contributed by atoms with Gasteiger partial charge in [-0.05, 0) is 36.0 Å². The first-order valence-corrected chi connectivity index (χ1v) is 7.42. The SMILES string of the molecule is COc1c(NC(=O)OCc2ccccc2)cccc1C1CC1. The Morgan fingerprint density at radius 2 is 1.91 bits per heavy atom. The number of para-hydroxylation sites is 1. The molecule has 0 unspecified atom stereocenters. The fraction of sp³-hybridized carbons (Fsp3) is 0.278. The number of amides is 1. The summed E-state index contributed by atoms with van der Waals surface area (Å²) in [5, 5.41) is 2.77. The van der Waals surface area contributed by atoms with Crippen LogP contribution < -0.4 is 10.1 Å². The van der Waals surface area contributed by atoms with Gasteiger partial charge in [-0.2, -0.15) is 0 Å². The predicted octanol–water partition coefficient (Wildman–Crippen LogP) is 4.32. The summed E-state index contributed by atoms with van der Waals surface area (Å²) in [6.45, 7) is 0.247. The zero-order valence-corrected chi connectivity index (χ0v) is 12.5. The Morgan fingerprint density at radius 3 is 2.59 bits per heavy atom. The number of methoxy groups -OCH3 is 1. The molecule has 1 aliphatic carbocycles. The van der Waals surface area contributed by atoms with Gasteiger partial charge in [0.15, 0.2) is 0 Å². The number of rotatable bonds is 5. The molecule has 114 valence electrons. The van der Waals surface area contributed by atoms with Gasteiger partial charge < -0.3 is 9.47 Å². The average molecular weight is 297 g/mol. The van der Waals surface area contributed by atoms with Crippen molar-refractivity contribution in [2.75, 3.05) is 12.4 Å². The highest BCUT2D eigenvalue weighted by Crippen LogP contribution is 2.46. The third-order valence-corrected chi connectivity index (χ3v) is 3.72. The minimum absolute atomic E-state index is 0.247. The molecular weight excluding hydrogens is 278 g/mol. The zero-order valence-electron chi connectivity index (χ0n) is 12.5. The molecule has 0 spiro atoms. The Labute approximate surface area is 130 Å². The molecule has 0 radical (unpaired) electrons. The topological polar surface area (TPSA) is 47.6 Å². The molecule has 22 heavy (non-hydrogen) atoms. The van der Waals surface area contributed by atoms with E-state index in [0.717, 1.165) is 16.9 Å². The van der Waals surface area contributed by atoms with Crippen molar-refractivity contribution in [2.24, 2.45) is 0 Å². The molecule has 1 N–H and O–H groups in total. The van der Waals surface area contributed by atoms with Gasteiger partial charge in [0.1, 0.15) is 12.4 Å². The highest BCUT2D eigenvalue weighted by atomic mass is 16.5. The average Bonchev–Trinajstić information content (AvgIpc) is 3.38. The van der Waals surface area contributed by atoms with E-state index in [1.807, 2.05) is 42.5 Å². The van der Waals surface area contributed by atoms with Crippen LogP contribution in [0.25, 0.3) is 0 Å². The number of benzene rings is 2. The first-order valence-electron chi connectivity index (χ1n) is 7.42. The summed E-state index contributed by atoms with van der Waals surface area (Å²) in [4.78, 5) is 12.0. The van der Waals surface area contributed by atoms with Crippen LogP contribution >= 0.6 is 0 Å². The summed E-state index contributed by atoms with van der Waals surface area (Å²) in [6, 6.07) is 15.4. The van der Waals surface area contributed by atoms with Gasteiger partial charge in [-0.15, -0.1) is 0 Å². The number of carbonyl (C=O) groups excluding carboxylic acids is 1. The summed E-state index contributed by atoms with van der Waals surface area (Å²) >= 11 is 0. The second kappa shape index (κ2) is 6.52. The number of anilines is 1. The van der Waals surface area contributed by atoms with Crippen LogP contribution in [0.5, 0.6) is 5.75 Å². The van der Waals surface area contributed by atoms with E-state index in [2.05, 4.69) is 11.4 Å². The van der Waals surface area contributed by atoms with Crippen molar-refractivity contribution in [3.63, 3.8) is 0 Å². The van der Waals surface area contributed by atoms with Crippen molar-refractivity contribution in [3.05, 3.63) is 59.7 Å². The Morgan fingerprint density at radius 1 is 1.14 bits per heavy atom. The maximum atomic E-state index is 12.0. The minimum atomic E-state index is -0.477. The molecule has 4 heteroatoms. The van der Waals surface area contributed by atoms with Gasteiger partial charge in [0, 0.05) is 0 Å². The number of ether oxygens (including phenoxy) is 2. The first-order chi connectivity index (χ1) is 10.8. The van der Waals surface area contributed by atoms with E-state index in [9.17, 15) is 4.79 Å². The molecule has 1 amide bonds. The normalized spacial score (nSPS) is 13.5. The third kappa shape index (κ3) is 3.39. The second-order valence-corrected chi connectivity index (χ2v) is 5.39. The lowest BCUT2D eigenvalue weighted by Crippen LogP contribution is -2.14. The van der Waals surface area contributed by atoms with Gasteiger partial charge in [0.2, 0.25) is 0 Å². The highest BCUT2D eigenvalue weighted by Gasteiger charge is 2.28. The maximum Gasteiger partial charge on any atom is 0.412 e. The lowest BCUT2D eigenvalue weighted by Gasteiger charge is -2.14. The molecule has 0 saturated heterocycles. The maximum absolute atomic E-state index is 12.0. The van der Waals surface area contributed by atoms with Crippen molar-refractivity contribution < 1.29 is 14.3 Å². The quantitative estimate of drug-likeness (QED) is 0.894. The molecule has 0 bridgehead atoms. The number of hydrogen-bond donors (Lipinski definition) is 1. The monoisotopic (exact) mass is 297 g/mol.